The van der Waals surface area contributed by atoms with Gasteiger partial charge in [-0.25, -0.2) is 0 Å². The van der Waals surface area contributed by atoms with Crippen molar-refractivity contribution in [1.82, 2.24) is 5.32 Å². The summed E-state index contributed by atoms with van der Waals surface area (Å²) in [4.78, 5) is 12.3. The van der Waals surface area contributed by atoms with Gasteiger partial charge in [0.15, 0.2) is 11.5 Å². The highest BCUT2D eigenvalue weighted by Gasteiger charge is 2.41. The van der Waals surface area contributed by atoms with E-state index in [0.717, 1.165) is 36.3 Å². The monoisotopic (exact) mass is 317 g/mol. The smallest absolute Gasteiger partial charge is 0.231 e. The fourth-order valence-electron chi connectivity index (χ4n) is 4.00. The summed E-state index contributed by atoms with van der Waals surface area (Å²) in [5, 5.41) is 3.13. The molecule has 0 unspecified atom stereocenters. The number of carbonyl (C=O) groups is 1. The number of hydrogen-bond acceptors (Lipinski definition) is 4. The molecule has 0 bridgehead atoms. The average Bonchev–Trinajstić information content (AvgIpc) is 3.15. The Kier molecular flexibility index (Phi) is 3.89. The van der Waals surface area contributed by atoms with Crippen LogP contribution in [0.25, 0.3) is 0 Å². The third-order valence-electron chi connectivity index (χ3n) is 5.14. The molecule has 3 aliphatic rings. The highest BCUT2D eigenvalue weighted by molar-refractivity contribution is 5.79. The van der Waals surface area contributed by atoms with Gasteiger partial charge in [0.1, 0.15) is 0 Å². The van der Waals surface area contributed by atoms with Crippen LogP contribution in [-0.4, -0.2) is 30.9 Å². The molecule has 1 saturated heterocycles. The second-order valence-electron chi connectivity index (χ2n) is 6.89. The van der Waals surface area contributed by atoms with E-state index < -0.39 is 0 Å². The Bertz CT molecular complexity index is 595. The number of amides is 1. The molecular weight excluding hydrogens is 294 g/mol. The topological polar surface area (TPSA) is 56.8 Å². The maximum absolute atomic E-state index is 12.3. The standard InChI is InChI=1S/C18H23NO4/c20-17(9-13-4-5-15-16(8-13)22-12-21-15)19-14-10-18(23-11-14)6-2-1-3-7-18/h4-5,8,14H,1-3,6-7,9-12H2,(H,19,20)/t14-/m1/s1. The van der Waals surface area contributed by atoms with E-state index in [0.29, 0.717) is 13.0 Å². The molecule has 4 rings (SSSR count). The Morgan fingerprint density at radius 1 is 1.17 bits per heavy atom. The molecule has 2 fully saturated rings. The van der Waals surface area contributed by atoms with E-state index in [4.69, 9.17) is 14.2 Å². The van der Waals surface area contributed by atoms with Crippen LogP contribution in [0.1, 0.15) is 44.1 Å². The molecule has 0 aromatic heterocycles. The molecule has 1 amide bonds. The van der Waals surface area contributed by atoms with Gasteiger partial charge in [-0.3, -0.25) is 4.79 Å². The van der Waals surface area contributed by atoms with Crippen LogP contribution >= 0.6 is 0 Å². The number of rotatable bonds is 3. The van der Waals surface area contributed by atoms with Gasteiger partial charge in [-0.2, -0.15) is 0 Å². The van der Waals surface area contributed by atoms with Crippen LogP contribution in [0.2, 0.25) is 0 Å². The number of benzene rings is 1. The minimum Gasteiger partial charge on any atom is -0.454 e. The normalized spacial score (nSPS) is 24.8. The summed E-state index contributed by atoms with van der Waals surface area (Å²) >= 11 is 0. The third-order valence-corrected chi connectivity index (χ3v) is 5.14. The van der Waals surface area contributed by atoms with Crippen molar-refractivity contribution in [3.05, 3.63) is 23.8 Å². The summed E-state index contributed by atoms with van der Waals surface area (Å²) < 4.78 is 16.7. The van der Waals surface area contributed by atoms with Crippen LogP contribution in [0.15, 0.2) is 18.2 Å². The molecule has 0 radical (unpaired) electrons. The van der Waals surface area contributed by atoms with E-state index in [1.54, 1.807) is 0 Å². The molecule has 1 aromatic carbocycles. The molecule has 23 heavy (non-hydrogen) atoms. The lowest BCUT2D eigenvalue weighted by Gasteiger charge is -2.32. The maximum Gasteiger partial charge on any atom is 0.231 e. The quantitative estimate of drug-likeness (QED) is 0.931. The molecule has 1 N–H and O–H groups in total. The fraction of sp³-hybridized carbons (Fsp3) is 0.611. The minimum atomic E-state index is 0.0367. The van der Waals surface area contributed by atoms with Crippen molar-refractivity contribution in [3.63, 3.8) is 0 Å². The first-order chi connectivity index (χ1) is 11.2. The van der Waals surface area contributed by atoms with E-state index in [9.17, 15) is 4.79 Å². The Hall–Kier alpha value is -1.75. The lowest BCUT2D eigenvalue weighted by Crippen LogP contribution is -2.38. The summed E-state index contributed by atoms with van der Waals surface area (Å²) in [5.74, 6) is 1.52. The molecule has 1 saturated carbocycles. The van der Waals surface area contributed by atoms with E-state index in [2.05, 4.69) is 5.32 Å². The van der Waals surface area contributed by atoms with Gasteiger partial charge >= 0.3 is 0 Å². The van der Waals surface area contributed by atoms with Crippen LogP contribution in [-0.2, 0) is 16.0 Å². The van der Waals surface area contributed by atoms with E-state index in [1.807, 2.05) is 18.2 Å². The predicted octanol–water partition coefficient (Wildman–Crippen LogP) is 2.57. The lowest BCUT2D eigenvalue weighted by atomic mass is 9.82. The van der Waals surface area contributed by atoms with E-state index >= 15 is 0 Å². The second kappa shape index (κ2) is 6.04. The van der Waals surface area contributed by atoms with Crippen molar-refractivity contribution >= 4 is 5.91 Å². The Balaban J connectivity index is 1.32. The van der Waals surface area contributed by atoms with Crippen molar-refractivity contribution in [3.8, 4) is 11.5 Å². The molecule has 1 spiro atoms. The summed E-state index contributed by atoms with van der Waals surface area (Å²) in [6.45, 7) is 0.902. The van der Waals surface area contributed by atoms with Crippen molar-refractivity contribution < 1.29 is 19.0 Å². The van der Waals surface area contributed by atoms with Gasteiger partial charge in [0.05, 0.1) is 24.7 Å². The fourth-order valence-corrected chi connectivity index (χ4v) is 4.00. The summed E-state index contributed by atoms with van der Waals surface area (Å²) in [6.07, 6.45) is 7.41. The molecule has 1 atom stereocenters. The van der Waals surface area contributed by atoms with Gasteiger partial charge in [-0.15, -0.1) is 0 Å². The van der Waals surface area contributed by atoms with E-state index in [-0.39, 0.29) is 24.3 Å². The number of nitrogens with one attached hydrogen (secondary N) is 1. The maximum atomic E-state index is 12.3. The zero-order chi connectivity index (χ0) is 15.7. The van der Waals surface area contributed by atoms with Gasteiger partial charge in [-0.05, 0) is 37.0 Å². The van der Waals surface area contributed by atoms with Crippen molar-refractivity contribution in [1.29, 1.82) is 0 Å². The molecule has 2 aliphatic heterocycles. The first-order valence-corrected chi connectivity index (χ1v) is 8.54. The molecule has 124 valence electrons. The highest BCUT2D eigenvalue weighted by atomic mass is 16.7. The molecule has 1 aromatic rings. The Morgan fingerprint density at radius 2 is 2.00 bits per heavy atom. The number of ether oxygens (including phenoxy) is 3. The number of hydrogen-bond donors (Lipinski definition) is 1. The largest absolute Gasteiger partial charge is 0.454 e. The number of fused-ring (bicyclic) bond motifs is 1. The van der Waals surface area contributed by atoms with E-state index in [1.165, 1.54) is 19.3 Å². The summed E-state index contributed by atoms with van der Waals surface area (Å²) in [5.41, 5.74) is 0.979. The minimum absolute atomic E-state index is 0.0367. The van der Waals surface area contributed by atoms with Gasteiger partial charge < -0.3 is 19.5 Å². The zero-order valence-electron chi connectivity index (χ0n) is 13.3. The molecule has 5 nitrogen and oxygen atoms in total. The second-order valence-corrected chi connectivity index (χ2v) is 6.89. The lowest BCUT2D eigenvalue weighted by molar-refractivity contribution is -0.121. The number of carbonyl (C=O) groups excluding carboxylic acids is 1. The highest BCUT2D eigenvalue weighted by Crippen LogP contribution is 2.39. The van der Waals surface area contributed by atoms with Crippen molar-refractivity contribution in [2.24, 2.45) is 0 Å². The molecule has 1 aliphatic carbocycles. The van der Waals surface area contributed by atoms with Gasteiger partial charge in [-0.1, -0.05) is 25.3 Å². The Morgan fingerprint density at radius 3 is 2.87 bits per heavy atom. The predicted molar refractivity (Wildman–Crippen MR) is 84.6 cm³/mol. The van der Waals surface area contributed by atoms with Crippen LogP contribution in [0, 0.1) is 0 Å². The van der Waals surface area contributed by atoms with Crippen molar-refractivity contribution in [2.75, 3.05) is 13.4 Å². The van der Waals surface area contributed by atoms with Crippen LogP contribution < -0.4 is 14.8 Å². The van der Waals surface area contributed by atoms with Crippen molar-refractivity contribution in [2.45, 2.75) is 56.6 Å². The summed E-state index contributed by atoms with van der Waals surface area (Å²) in [7, 11) is 0. The molecule has 2 heterocycles. The zero-order valence-corrected chi connectivity index (χ0v) is 13.3. The van der Waals surface area contributed by atoms with Crippen LogP contribution in [0.5, 0.6) is 11.5 Å². The van der Waals surface area contributed by atoms with Crippen LogP contribution in [0.3, 0.4) is 0 Å². The Labute approximate surface area is 136 Å². The third kappa shape index (κ3) is 3.15. The molecule has 5 heteroatoms. The SMILES string of the molecule is O=C(Cc1ccc2c(c1)OCO2)N[C@H]1COC2(CCCCC2)C1. The average molecular weight is 317 g/mol. The first kappa shape index (κ1) is 14.8. The summed E-state index contributed by atoms with van der Waals surface area (Å²) in [6, 6.07) is 5.81. The van der Waals surface area contributed by atoms with Crippen LogP contribution in [0.4, 0.5) is 0 Å². The van der Waals surface area contributed by atoms with Gasteiger partial charge in [0, 0.05) is 0 Å². The first-order valence-electron chi connectivity index (χ1n) is 8.54. The van der Waals surface area contributed by atoms with Gasteiger partial charge in [0.2, 0.25) is 12.7 Å². The van der Waals surface area contributed by atoms with Gasteiger partial charge in [0.25, 0.3) is 0 Å². The molecular formula is C18H23NO4.